The SMILES string of the molecule is CCN(CC)CCC(CNc1c(C)cnc2cc(Cl)ccc12)c1ccc(OC)cc1. The molecule has 3 aromatic rings. The van der Waals surface area contributed by atoms with E-state index < -0.39 is 0 Å². The van der Waals surface area contributed by atoms with Crippen molar-refractivity contribution in [2.75, 3.05) is 38.6 Å². The normalized spacial score (nSPS) is 12.3. The zero-order chi connectivity index (χ0) is 21.5. The molecule has 0 spiro atoms. The summed E-state index contributed by atoms with van der Waals surface area (Å²) in [5, 5.41) is 5.55. The first kappa shape index (κ1) is 22.4. The number of fused-ring (bicyclic) bond motifs is 1. The van der Waals surface area contributed by atoms with Gasteiger partial charge in [-0.15, -0.1) is 0 Å². The quantitative estimate of drug-likeness (QED) is 0.423. The average molecular weight is 426 g/mol. The van der Waals surface area contributed by atoms with Crippen LogP contribution in [0.4, 0.5) is 5.69 Å². The molecule has 1 heterocycles. The number of halogens is 1. The van der Waals surface area contributed by atoms with Crippen molar-refractivity contribution in [1.29, 1.82) is 0 Å². The van der Waals surface area contributed by atoms with Gasteiger partial charge in [0, 0.05) is 34.8 Å². The summed E-state index contributed by atoms with van der Waals surface area (Å²) in [6.45, 7) is 10.6. The fourth-order valence-electron chi connectivity index (χ4n) is 3.87. The highest BCUT2D eigenvalue weighted by molar-refractivity contribution is 6.31. The van der Waals surface area contributed by atoms with E-state index in [1.807, 2.05) is 18.3 Å². The molecule has 30 heavy (non-hydrogen) atoms. The minimum atomic E-state index is 0.395. The fourth-order valence-corrected chi connectivity index (χ4v) is 4.03. The molecule has 0 saturated carbocycles. The first-order valence-corrected chi connectivity index (χ1v) is 11.1. The molecule has 1 unspecified atom stereocenters. The molecule has 0 amide bonds. The van der Waals surface area contributed by atoms with Crippen molar-refractivity contribution >= 4 is 28.2 Å². The lowest BCUT2D eigenvalue weighted by Crippen LogP contribution is -2.27. The van der Waals surface area contributed by atoms with Crippen LogP contribution >= 0.6 is 11.6 Å². The Kier molecular flexibility index (Phi) is 7.94. The average Bonchev–Trinajstić information content (AvgIpc) is 2.77. The maximum absolute atomic E-state index is 6.17. The number of anilines is 1. The third kappa shape index (κ3) is 5.44. The summed E-state index contributed by atoms with van der Waals surface area (Å²) in [6.07, 6.45) is 3.01. The predicted octanol–water partition coefficient (Wildman–Crippen LogP) is 6.13. The Hall–Kier alpha value is -2.30. The standard InChI is InChI=1S/C25H32ClN3O/c1-5-29(6-2)14-13-20(19-7-10-22(30-4)11-8-19)17-28-25-18(3)16-27-24-15-21(26)9-12-23(24)25/h7-12,15-16,20H,5-6,13-14,17H2,1-4H3,(H,27,28). The first-order chi connectivity index (χ1) is 14.5. The minimum Gasteiger partial charge on any atom is -0.497 e. The Morgan fingerprint density at radius 1 is 1.10 bits per heavy atom. The number of hydrogen-bond acceptors (Lipinski definition) is 4. The Balaban J connectivity index is 1.83. The van der Waals surface area contributed by atoms with Gasteiger partial charge >= 0.3 is 0 Å². The Labute approximate surface area is 185 Å². The van der Waals surface area contributed by atoms with Crippen LogP contribution in [0.2, 0.25) is 5.02 Å². The zero-order valence-corrected chi connectivity index (χ0v) is 19.2. The molecule has 0 aliphatic heterocycles. The molecular weight excluding hydrogens is 394 g/mol. The van der Waals surface area contributed by atoms with Gasteiger partial charge in [-0.05, 0) is 74.4 Å². The number of hydrogen-bond donors (Lipinski definition) is 1. The van der Waals surface area contributed by atoms with E-state index in [1.165, 1.54) is 5.56 Å². The van der Waals surface area contributed by atoms with Crippen LogP contribution in [0, 0.1) is 6.92 Å². The van der Waals surface area contributed by atoms with E-state index in [2.05, 4.69) is 66.3 Å². The molecule has 1 atom stereocenters. The van der Waals surface area contributed by atoms with Gasteiger partial charge in [-0.3, -0.25) is 4.98 Å². The Bertz CT molecular complexity index is 955. The lowest BCUT2D eigenvalue weighted by atomic mass is 9.94. The van der Waals surface area contributed by atoms with Crippen LogP contribution in [0.15, 0.2) is 48.7 Å². The van der Waals surface area contributed by atoms with Crippen LogP contribution < -0.4 is 10.1 Å². The molecule has 3 rings (SSSR count). The number of nitrogens with one attached hydrogen (secondary N) is 1. The number of rotatable bonds is 10. The highest BCUT2D eigenvalue weighted by Gasteiger charge is 2.15. The van der Waals surface area contributed by atoms with Crippen LogP contribution in [0.1, 0.15) is 37.3 Å². The number of nitrogens with zero attached hydrogens (tertiary/aromatic N) is 2. The van der Waals surface area contributed by atoms with Gasteiger partial charge in [0.15, 0.2) is 0 Å². The fraction of sp³-hybridized carbons (Fsp3) is 0.400. The van der Waals surface area contributed by atoms with Gasteiger partial charge in [-0.25, -0.2) is 0 Å². The van der Waals surface area contributed by atoms with Gasteiger partial charge in [0.05, 0.1) is 12.6 Å². The van der Waals surface area contributed by atoms with Gasteiger partial charge < -0.3 is 15.0 Å². The summed E-state index contributed by atoms with van der Waals surface area (Å²) in [4.78, 5) is 7.02. The highest BCUT2D eigenvalue weighted by Crippen LogP contribution is 2.30. The van der Waals surface area contributed by atoms with Crippen molar-refractivity contribution in [1.82, 2.24) is 9.88 Å². The van der Waals surface area contributed by atoms with Crippen molar-refractivity contribution in [3.63, 3.8) is 0 Å². The third-order valence-electron chi connectivity index (χ3n) is 5.82. The zero-order valence-electron chi connectivity index (χ0n) is 18.4. The van der Waals surface area contributed by atoms with Gasteiger partial charge in [0.1, 0.15) is 5.75 Å². The van der Waals surface area contributed by atoms with Crippen LogP contribution in [-0.4, -0.2) is 43.2 Å². The molecule has 0 fully saturated rings. The smallest absolute Gasteiger partial charge is 0.118 e. The Morgan fingerprint density at radius 3 is 2.50 bits per heavy atom. The van der Waals surface area contributed by atoms with Crippen LogP contribution in [0.5, 0.6) is 5.75 Å². The summed E-state index contributed by atoms with van der Waals surface area (Å²) in [7, 11) is 1.71. The molecule has 1 N–H and O–H groups in total. The van der Waals surface area contributed by atoms with Gasteiger partial charge in [0.25, 0.3) is 0 Å². The predicted molar refractivity (Wildman–Crippen MR) is 128 cm³/mol. The van der Waals surface area contributed by atoms with Gasteiger partial charge in [-0.2, -0.15) is 0 Å². The summed E-state index contributed by atoms with van der Waals surface area (Å²) in [5.41, 5.74) is 4.52. The first-order valence-electron chi connectivity index (χ1n) is 10.7. The largest absolute Gasteiger partial charge is 0.497 e. The number of ether oxygens (including phenoxy) is 1. The monoisotopic (exact) mass is 425 g/mol. The molecule has 1 aromatic heterocycles. The molecule has 5 heteroatoms. The van der Waals surface area contributed by atoms with Gasteiger partial charge in [-0.1, -0.05) is 37.6 Å². The molecule has 4 nitrogen and oxygen atoms in total. The maximum atomic E-state index is 6.17. The molecule has 160 valence electrons. The molecular formula is C25H32ClN3O. The summed E-state index contributed by atoms with van der Waals surface area (Å²) >= 11 is 6.17. The van der Waals surface area contributed by atoms with Gasteiger partial charge in [0.2, 0.25) is 0 Å². The van der Waals surface area contributed by atoms with E-state index in [-0.39, 0.29) is 0 Å². The van der Waals surface area contributed by atoms with Crippen molar-refractivity contribution in [2.24, 2.45) is 0 Å². The lowest BCUT2D eigenvalue weighted by Gasteiger charge is -2.24. The maximum Gasteiger partial charge on any atom is 0.118 e. The number of benzene rings is 2. The second-order valence-electron chi connectivity index (χ2n) is 7.64. The van der Waals surface area contributed by atoms with Crippen molar-refractivity contribution in [3.8, 4) is 5.75 Å². The van der Waals surface area contributed by atoms with Crippen molar-refractivity contribution in [3.05, 3.63) is 64.8 Å². The number of pyridine rings is 1. The van der Waals surface area contributed by atoms with Crippen LogP contribution in [0.3, 0.4) is 0 Å². The number of aryl methyl sites for hydroxylation is 1. The molecule has 2 aromatic carbocycles. The van der Waals surface area contributed by atoms with E-state index in [4.69, 9.17) is 16.3 Å². The Morgan fingerprint density at radius 2 is 1.83 bits per heavy atom. The number of methoxy groups -OCH3 is 1. The summed E-state index contributed by atoms with van der Waals surface area (Å²) in [6, 6.07) is 14.4. The third-order valence-corrected chi connectivity index (χ3v) is 6.06. The molecule has 0 aliphatic carbocycles. The molecule has 0 aliphatic rings. The van der Waals surface area contributed by atoms with Crippen LogP contribution in [-0.2, 0) is 0 Å². The van der Waals surface area contributed by atoms with E-state index >= 15 is 0 Å². The van der Waals surface area contributed by atoms with E-state index in [9.17, 15) is 0 Å². The van der Waals surface area contributed by atoms with E-state index in [1.54, 1.807) is 7.11 Å². The molecule has 0 bridgehead atoms. The lowest BCUT2D eigenvalue weighted by molar-refractivity contribution is 0.291. The highest BCUT2D eigenvalue weighted by atomic mass is 35.5. The topological polar surface area (TPSA) is 37.4 Å². The van der Waals surface area contributed by atoms with Crippen molar-refractivity contribution in [2.45, 2.75) is 33.1 Å². The van der Waals surface area contributed by atoms with E-state index in [0.717, 1.165) is 60.5 Å². The molecule has 0 radical (unpaired) electrons. The summed E-state index contributed by atoms with van der Waals surface area (Å²) < 4.78 is 5.34. The second kappa shape index (κ2) is 10.6. The molecule has 0 saturated heterocycles. The summed E-state index contributed by atoms with van der Waals surface area (Å²) in [5.74, 6) is 1.29. The second-order valence-corrected chi connectivity index (χ2v) is 8.08. The van der Waals surface area contributed by atoms with E-state index in [0.29, 0.717) is 10.9 Å². The minimum absolute atomic E-state index is 0.395. The number of aromatic nitrogens is 1. The van der Waals surface area contributed by atoms with Crippen LogP contribution in [0.25, 0.3) is 10.9 Å². The van der Waals surface area contributed by atoms with Crippen molar-refractivity contribution < 1.29 is 4.74 Å².